The van der Waals surface area contributed by atoms with Crippen molar-refractivity contribution in [2.45, 2.75) is 19.3 Å². The van der Waals surface area contributed by atoms with Crippen molar-refractivity contribution < 1.29 is 14.6 Å². The Kier molecular flexibility index (Phi) is 4.96. The lowest BCUT2D eigenvalue weighted by Crippen LogP contribution is -2.48. The second-order valence-corrected chi connectivity index (χ2v) is 4.45. The highest BCUT2D eigenvalue weighted by Gasteiger charge is 2.40. The average molecular weight is 227 g/mol. The summed E-state index contributed by atoms with van der Waals surface area (Å²) in [6.07, 6.45) is 3.95. The summed E-state index contributed by atoms with van der Waals surface area (Å²) in [5.41, 5.74) is -0.631. The van der Waals surface area contributed by atoms with E-state index < -0.39 is 11.4 Å². The van der Waals surface area contributed by atoms with Crippen molar-refractivity contribution >= 4 is 5.97 Å². The van der Waals surface area contributed by atoms with Gasteiger partial charge in [0.05, 0.1) is 12.0 Å². The highest BCUT2D eigenvalue weighted by molar-refractivity contribution is 5.75. The van der Waals surface area contributed by atoms with Crippen LogP contribution in [0.2, 0.25) is 0 Å². The lowest BCUT2D eigenvalue weighted by molar-refractivity contribution is -0.152. The Balaban J connectivity index is 2.63. The number of ether oxygens (including phenoxy) is 1. The van der Waals surface area contributed by atoms with Gasteiger partial charge in [-0.05, 0) is 25.8 Å². The molecule has 1 saturated heterocycles. The first-order valence-corrected chi connectivity index (χ1v) is 5.70. The summed E-state index contributed by atoms with van der Waals surface area (Å²) >= 11 is 0. The number of hydrogen-bond donors (Lipinski definition) is 1. The monoisotopic (exact) mass is 227 g/mol. The van der Waals surface area contributed by atoms with Crippen LogP contribution in [-0.2, 0) is 9.53 Å². The number of nitrogens with zero attached hydrogens (tertiary/aromatic N) is 1. The van der Waals surface area contributed by atoms with Crippen molar-refractivity contribution in [2.24, 2.45) is 5.41 Å². The Bertz CT molecular complexity index is 255. The molecule has 1 atom stereocenters. The number of likely N-dealkylation sites (tertiary alicyclic amines) is 1. The predicted octanol–water partition coefficient (Wildman–Crippen LogP) is 1.38. The molecule has 16 heavy (non-hydrogen) atoms. The van der Waals surface area contributed by atoms with Gasteiger partial charge in [-0.2, -0.15) is 0 Å². The molecule has 0 saturated carbocycles. The second-order valence-electron chi connectivity index (χ2n) is 4.45. The molecule has 0 spiro atoms. The molecule has 0 amide bonds. The van der Waals surface area contributed by atoms with Crippen molar-refractivity contribution in [1.29, 1.82) is 0 Å². The van der Waals surface area contributed by atoms with E-state index in [0.29, 0.717) is 19.6 Å². The van der Waals surface area contributed by atoms with Crippen LogP contribution in [0.1, 0.15) is 19.3 Å². The van der Waals surface area contributed by atoms with E-state index in [0.717, 1.165) is 25.9 Å². The lowest BCUT2D eigenvalue weighted by Gasteiger charge is -2.39. The number of methoxy groups -OCH3 is 1. The molecule has 1 unspecified atom stereocenters. The number of hydrogen-bond acceptors (Lipinski definition) is 3. The van der Waals surface area contributed by atoms with Crippen molar-refractivity contribution in [3.8, 4) is 0 Å². The third kappa shape index (κ3) is 3.06. The molecule has 1 rings (SSSR count). The molecule has 0 aromatic carbocycles. The normalized spacial score (nSPS) is 26.6. The highest BCUT2D eigenvalue weighted by atomic mass is 16.5. The zero-order chi connectivity index (χ0) is 12.0. The molecular weight excluding hydrogens is 206 g/mol. The number of carboxylic acid groups (broad SMARTS) is 1. The van der Waals surface area contributed by atoms with Gasteiger partial charge in [-0.1, -0.05) is 6.08 Å². The summed E-state index contributed by atoms with van der Waals surface area (Å²) in [5.74, 6) is -0.700. The summed E-state index contributed by atoms with van der Waals surface area (Å²) in [7, 11) is 1.66. The van der Waals surface area contributed by atoms with Crippen LogP contribution < -0.4 is 0 Å². The number of carboxylic acids is 1. The van der Waals surface area contributed by atoms with Crippen LogP contribution in [0.25, 0.3) is 0 Å². The summed E-state index contributed by atoms with van der Waals surface area (Å²) in [6.45, 7) is 6.70. The molecule has 1 fully saturated rings. The fraction of sp³-hybridized carbons (Fsp3) is 0.750. The van der Waals surface area contributed by atoms with Gasteiger partial charge < -0.3 is 9.84 Å². The molecule has 0 radical (unpaired) electrons. The van der Waals surface area contributed by atoms with Crippen molar-refractivity contribution in [3.05, 3.63) is 12.7 Å². The Morgan fingerprint density at radius 1 is 1.69 bits per heavy atom. The van der Waals surface area contributed by atoms with Crippen LogP contribution in [0.5, 0.6) is 0 Å². The Hall–Kier alpha value is -0.870. The molecule has 4 heteroatoms. The number of allylic oxidation sites excluding steroid dienone is 1. The number of carbonyl (C=O) groups is 1. The van der Waals surface area contributed by atoms with E-state index in [1.807, 2.05) is 0 Å². The molecule has 0 aliphatic carbocycles. The van der Waals surface area contributed by atoms with Gasteiger partial charge >= 0.3 is 5.97 Å². The molecule has 4 nitrogen and oxygen atoms in total. The van der Waals surface area contributed by atoms with Gasteiger partial charge in [0.1, 0.15) is 0 Å². The second kappa shape index (κ2) is 6.01. The lowest BCUT2D eigenvalue weighted by atomic mass is 9.77. The largest absolute Gasteiger partial charge is 0.481 e. The molecule has 1 aliphatic rings. The van der Waals surface area contributed by atoms with Crippen LogP contribution >= 0.6 is 0 Å². The van der Waals surface area contributed by atoms with Crippen LogP contribution in [0.4, 0.5) is 0 Å². The van der Waals surface area contributed by atoms with Crippen LogP contribution in [0.15, 0.2) is 12.7 Å². The van der Waals surface area contributed by atoms with E-state index in [1.54, 1.807) is 13.2 Å². The standard InChI is InChI=1S/C12H21NO3/c1-3-5-12(11(14)15)6-4-7-13(10-12)8-9-16-2/h3H,1,4-10H2,2H3,(H,14,15). The third-order valence-electron chi connectivity index (χ3n) is 3.26. The van der Waals surface area contributed by atoms with Crippen LogP contribution in [0, 0.1) is 5.41 Å². The molecule has 1 N–H and O–H groups in total. The van der Waals surface area contributed by atoms with Crippen LogP contribution in [-0.4, -0.2) is 49.3 Å². The van der Waals surface area contributed by atoms with Crippen LogP contribution in [0.3, 0.4) is 0 Å². The number of piperidine rings is 1. The number of aliphatic carboxylic acids is 1. The molecular formula is C12H21NO3. The third-order valence-corrected chi connectivity index (χ3v) is 3.26. The van der Waals surface area contributed by atoms with Gasteiger partial charge in [0.25, 0.3) is 0 Å². The first kappa shape index (κ1) is 13.2. The molecule has 1 heterocycles. The number of rotatable bonds is 6. The summed E-state index contributed by atoms with van der Waals surface area (Å²) in [5, 5.41) is 9.36. The van der Waals surface area contributed by atoms with E-state index in [2.05, 4.69) is 11.5 Å². The quantitative estimate of drug-likeness (QED) is 0.696. The Morgan fingerprint density at radius 3 is 3.00 bits per heavy atom. The van der Waals surface area contributed by atoms with E-state index >= 15 is 0 Å². The first-order valence-electron chi connectivity index (χ1n) is 5.70. The maximum Gasteiger partial charge on any atom is 0.311 e. The molecule has 0 bridgehead atoms. The van der Waals surface area contributed by atoms with Gasteiger partial charge in [0.2, 0.25) is 0 Å². The zero-order valence-electron chi connectivity index (χ0n) is 9.95. The maximum atomic E-state index is 11.4. The summed E-state index contributed by atoms with van der Waals surface area (Å²) < 4.78 is 5.02. The molecule has 1 aliphatic heterocycles. The highest BCUT2D eigenvalue weighted by Crippen LogP contribution is 2.34. The van der Waals surface area contributed by atoms with Crippen molar-refractivity contribution in [2.75, 3.05) is 33.4 Å². The maximum absolute atomic E-state index is 11.4. The topological polar surface area (TPSA) is 49.8 Å². The van der Waals surface area contributed by atoms with Crippen molar-refractivity contribution in [1.82, 2.24) is 4.90 Å². The predicted molar refractivity (Wildman–Crippen MR) is 62.4 cm³/mol. The molecule has 0 aromatic rings. The van der Waals surface area contributed by atoms with Gasteiger partial charge in [-0.3, -0.25) is 9.69 Å². The fourth-order valence-corrected chi connectivity index (χ4v) is 2.34. The molecule has 92 valence electrons. The van der Waals surface area contributed by atoms with Crippen molar-refractivity contribution in [3.63, 3.8) is 0 Å². The van der Waals surface area contributed by atoms with E-state index in [4.69, 9.17) is 4.74 Å². The summed E-state index contributed by atoms with van der Waals surface area (Å²) in [6, 6.07) is 0. The average Bonchev–Trinajstić information content (AvgIpc) is 2.27. The molecule has 0 aromatic heterocycles. The fourth-order valence-electron chi connectivity index (χ4n) is 2.34. The summed E-state index contributed by atoms with van der Waals surface area (Å²) in [4.78, 5) is 13.6. The SMILES string of the molecule is C=CCC1(C(=O)O)CCCN(CCOC)C1. The zero-order valence-corrected chi connectivity index (χ0v) is 9.95. The minimum atomic E-state index is -0.700. The van der Waals surface area contributed by atoms with Gasteiger partial charge in [-0.25, -0.2) is 0 Å². The first-order chi connectivity index (χ1) is 7.64. The van der Waals surface area contributed by atoms with E-state index in [9.17, 15) is 9.90 Å². The smallest absolute Gasteiger partial charge is 0.311 e. The van der Waals surface area contributed by atoms with E-state index in [1.165, 1.54) is 0 Å². The van der Waals surface area contributed by atoms with Gasteiger partial charge in [0, 0.05) is 20.2 Å². The minimum Gasteiger partial charge on any atom is -0.481 e. The van der Waals surface area contributed by atoms with E-state index in [-0.39, 0.29) is 0 Å². The Labute approximate surface area is 96.9 Å². The Morgan fingerprint density at radius 2 is 2.44 bits per heavy atom. The van der Waals surface area contributed by atoms with Gasteiger partial charge in [-0.15, -0.1) is 6.58 Å². The van der Waals surface area contributed by atoms with Gasteiger partial charge in [0.15, 0.2) is 0 Å². The minimum absolute atomic E-state index is 0.547.